The zero-order valence-electron chi connectivity index (χ0n) is 9.17. The molecule has 84 valence electrons. The molecule has 2 heterocycles. The van der Waals surface area contributed by atoms with Gasteiger partial charge in [-0.1, -0.05) is 22.0 Å². The minimum Gasteiger partial charge on any atom is -0.357 e. The number of fused-ring (bicyclic) bond motifs is 1. The molecule has 0 amide bonds. The molecule has 0 radical (unpaired) electrons. The highest BCUT2D eigenvalue weighted by Gasteiger charge is 2.13. The lowest BCUT2D eigenvalue weighted by atomic mass is 10.2. The maximum Gasteiger partial charge on any atom is 0.0467 e. The maximum atomic E-state index is 3.59. The molecule has 1 aromatic heterocycles. The molecule has 1 fully saturated rings. The number of rotatable bonds is 2. The van der Waals surface area contributed by atoms with E-state index in [1.807, 2.05) is 0 Å². The van der Waals surface area contributed by atoms with Gasteiger partial charge in [0.15, 0.2) is 0 Å². The first-order valence-electron chi connectivity index (χ1n) is 5.81. The largest absolute Gasteiger partial charge is 0.357 e. The Morgan fingerprint density at radius 2 is 2.06 bits per heavy atom. The summed E-state index contributed by atoms with van der Waals surface area (Å²) >= 11 is 3.59. The average Bonchev–Trinajstić information content (AvgIpc) is 2.88. The molecule has 3 rings (SSSR count). The van der Waals surface area contributed by atoms with Gasteiger partial charge in [-0.25, -0.2) is 0 Å². The van der Waals surface area contributed by atoms with Gasteiger partial charge in [0.2, 0.25) is 0 Å². The van der Waals surface area contributed by atoms with E-state index < -0.39 is 0 Å². The third kappa shape index (κ3) is 1.89. The van der Waals surface area contributed by atoms with E-state index in [0.717, 1.165) is 6.54 Å². The standard InChI is InChI=1S/C13H15BrN2/c14-12-4-3-5-13-11(12)8-10(15-13)9-16-6-1-2-7-16/h3-5,8,15H,1-2,6-7,9H2. The number of aromatic amines is 1. The molecule has 1 aromatic carbocycles. The first-order chi connectivity index (χ1) is 7.83. The molecule has 1 N–H and O–H groups in total. The molecule has 16 heavy (non-hydrogen) atoms. The Balaban J connectivity index is 1.90. The van der Waals surface area contributed by atoms with Gasteiger partial charge < -0.3 is 4.98 Å². The van der Waals surface area contributed by atoms with Gasteiger partial charge >= 0.3 is 0 Å². The maximum absolute atomic E-state index is 3.59. The number of H-pyrrole nitrogens is 1. The lowest BCUT2D eigenvalue weighted by molar-refractivity contribution is 0.328. The van der Waals surface area contributed by atoms with Crippen LogP contribution in [0.2, 0.25) is 0 Å². The van der Waals surface area contributed by atoms with Crippen molar-refractivity contribution >= 4 is 26.8 Å². The summed E-state index contributed by atoms with van der Waals surface area (Å²) in [7, 11) is 0. The summed E-state index contributed by atoms with van der Waals surface area (Å²) in [6.45, 7) is 3.55. The number of aromatic nitrogens is 1. The molecule has 2 nitrogen and oxygen atoms in total. The normalized spacial score (nSPS) is 17.3. The fourth-order valence-electron chi connectivity index (χ4n) is 2.44. The summed E-state index contributed by atoms with van der Waals surface area (Å²) in [5, 5.41) is 1.29. The van der Waals surface area contributed by atoms with Crippen LogP contribution in [-0.2, 0) is 6.54 Å². The molecule has 0 atom stereocenters. The molecular weight excluding hydrogens is 264 g/mol. The second kappa shape index (κ2) is 4.22. The molecule has 0 spiro atoms. The van der Waals surface area contributed by atoms with E-state index in [1.165, 1.54) is 47.0 Å². The Morgan fingerprint density at radius 3 is 2.81 bits per heavy atom. The second-order valence-electron chi connectivity index (χ2n) is 4.48. The van der Waals surface area contributed by atoms with Crippen LogP contribution in [0.25, 0.3) is 10.9 Å². The van der Waals surface area contributed by atoms with Crippen molar-refractivity contribution in [3.8, 4) is 0 Å². The minimum absolute atomic E-state index is 1.06. The first-order valence-corrected chi connectivity index (χ1v) is 6.61. The lowest BCUT2D eigenvalue weighted by Gasteiger charge is -2.12. The van der Waals surface area contributed by atoms with Crippen molar-refractivity contribution in [2.24, 2.45) is 0 Å². The van der Waals surface area contributed by atoms with Gasteiger partial charge in [0, 0.05) is 27.6 Å². The van der Waals surface area contributed by atoms with Gasteiger partial charge in [-0.2, -0.15) is 0 Å². The van der Waals surface area contributed by atoms with E-state index in [1.54, 1.807) is 0 Å². The molecule has 0 saturated carbocycles. The summed E-state index contributed by atoms with van der Waals surface area (Å²) in [4.78, 5) is 6.00. The quantitative estimate of drug-likeness (QED) is 0.891. The predicted molar refractivity (Wildman–Crippen MR) is 70.5 cm³/mol. The monoisotopic (exact) mass is 278 g/mol. The molecular formula is C13H15BrN2. The highest BCUT2D eigenvalue weighted by atomic mass is 79.9. The van der Waals surface area contributed by atoms with Crippen molar-refractivity contribution in [2.75, 3.05) is 13.1 Å². The predicted octanol–water partition coefficient (Wildman–Crippen LogP) is 3.53. The number of hydrogen-bond donors (Lipinski definition) is 1. The third-order valence-corrected chi connectivity index (χ3v) is 3.95. The van der Waals surface area contributed by atoms with Crippen molar-refractivity contribution in [3.05, 3.63) is 34.4 Å². The fraction of sp³-hybridized carbons (Fsp3) is 0.385. The van der Waals surface area contributed by atoms with Crippen LogP contribution in [0.15, 0.2) is 28.7 Å². The van der Waals surface area contributed by atoms with Crippen molar-refractivity contribution in [2.45, 2.75) is 19.4 Å². The number of hydrogen-bond acceptors (Lipinski definition) is 1. The highest BCUT2D eigenvalue weighted by molar-refractivity contribution is 9.10. The van der Waals surface area contributed by atoms with Crippen molar-refractivity contribution in [1.29, 1.82) is 0 Å². The van der Waals surface area contributed by atoms with Crippen LogP contribution >= 0.6 is 15.9 Å². The van der Waals surface area contributed by atoms with E-state index in [2.05, 4.69) is 50.1 Å². The number of likely N-dealkylation sites (tertiary alicyclic amines) is 1. The Bertz CT molecular complexity index is 498. The van der Waals surface area contributed by atoms with Gasteiger partial charge in [0.05, 0.1) is 0 Å². The van der Waals surface area contributed by atoms with Crippen molar-refractivity contribution in [1.82, 2.24) is 9.88 Å². The minimum atomic E-state index is 1.06. The second-order valence-corrected chi connectivity index (χ2v) is 5.33. The summed E-state index contributed by atoms with van der Waals surface area (Å²) in [5.74, 6) is 0. The van der Waals surface area contributed by atoms with E-state index in [9.17, 15) is 0 Å². The summed E-state index contributed by atoms with van der Waals surface area (Å²) in [6.07, 6.45) is 2.70. The van der Waals surface area contributed by atoms with E-state index in [-0.39, 0.29) is 0 Å². The van der Waals surface area contributed by atoms with Crippen LogP contribution in [0.5, 0.6) is 0 Å². The number of halogens is 1. The van der Waals surface area contributed by atoms with Gasteiger partial charge in [0.1, 0.15) is 0 Å². The van der Waals surface area contributed by atoms with Crippen LogP contribution in [0.1, 0.15) is 18.5 Å². The SMILES string of the molecule is Brc1cccc2[nH]c(CN3CCCC3)cc12. The van der Waals surface area contributed by atoms with E-state index in [0.29, 0.717) is 0 Å². The molecule has 3 heteroatoms. The van der Waals surface area contributed by atoms with Crippen LogP contribution in [0.3, 0.4) is 0 Å². The van der Waals surface area contributed by atoms with Crippen LogP contribution in [0.4, 0.5) is 0 Å². The number of nitrogens with one attached hydrogen (secondary N) is 1. The van der Waals surface area contributed by atoms with Crippen LogP contribution < -0.4 is 0 Å². The molecule has 0 unspecified atom stereocenters. The Kier molecular flexibility index (Phi) is 2.74. The molecule has 1 saturated heterocycles. The Labute approximate surface area is 104 Å². The molecule has 2 aromatic rings. The van der Waals surface area contributed by atoms with Gasteiger partial charge in [-0.05, 0) is 44.1 Å². The Hall–Kier alpha value is -0.800. The lowest BCUT2D eigenvalue weighted by Crippen LogP contribution is -2.18. The van der Waals surface area contributed by atoms with E-state index >= 15 is 0 Å². The summed E-state index contributed by atoms with van der Waals surface area (Å²) in [6, 6.07) is 8.56. The van der Waals surface area contributed by atoms with E-state index in [4.69, 9.17) is 0 Å². The zero-order valence-corrected chi connectivity index (χ0v) is 10.8. The molecule has 0 aliphatic carbocycles. The number of benzene rings is 1. The van der Waals surface area contributed by atoms with Crippen LogP contribution in [0, 0.1) is 0 Å². The van der Waals surface area contributed by atoms with Gasteiger partial charge in [-0.3, -0.25) is 4.90 Å². The van der Waals surface area contributed by atoms with Gasteiger partial charge in [-0.15, -0.1) is 0 Å². The summed E-state index contributed by atoms with van der Waals surface area (Å²) in [5.41, 5.74) is 2.55. The van der Waals surface area contributed by atoms with Crippen LogP contribution in [-0.4, -0.2) is 23.0 Å². The Morgan fingerprint density at radius 1 is 1.25 bits per heavy atom. The molecule has 1 aliphatic heterocycles. The summed E-state index contributed by atoms with van der Waals surface area (Å²) < 4.78 is 1.17. The van der Waals surface area contributed by atoms with Gasteiger partial charge in [0.25, 0.3) is 0 Å². The molecule has 1 aliphatic rings. The van der Waals surface area contributed by atoms with Crippen molar-refractivity contribution in [3.63, 3.8) is 0 Å². The smallest absolute Gasteiger partial charge is 0.0467 e. The molecule has 0 bridgehead atoms. The first kappa shape index (κ1) is 10.4. The third-order valence-electron chi connectivity index (χ3n) is 3.26. The highest BCUT2D eigenvalue weighted by Crippen LogP contribution is 2.25. The van der Waals surface area contributed by atoms with Crippen molar-refractivity contribution < 1.29 is 0 Å². The topological polar surface area (TPSA) is 19.0 Å². The zero-order chi connectivity index (χ0) is 11.0. The fourth-order valence-corrected chi connectivity index (χ4v) is 2.92. The number of nitrogens with zero attached hydrogens (tertiary/aromatic N) is 1. The average molecular weight is 279 g/mol.